The second kappa shape index (κ2) is 8.05. The summed E-state index contributed by atoms with van der Waals surface area (Å²) in [5.74, 6) is 0.375. The van der Waals surface area contributed by atoms with Crippen molar-refractivity contribution in [1.29, 1.82) is 0 Å². The number of nitrogens with one attached hydrogen (secondary N) is 1. The molecule has 1 aromatic rings. The number of aliphatic hydroxyl groups excluding tert-OH is 1. The van der Waals surface area contributed by atoms with E-state index in [1.165, 1.54) is 17.2 Å². The van der Waals surface area contributed by atoms with Gasteiger partial charge in [-0.2, -0.15) is 0 Å². The van der Waals surface area contributed by atoms with Crippen LogP contribution in [0.4, 0.5) is 5.82 Å². The van der Waals surface area contributed by atoms with Crippen molar-refractivity contribution in [1.82, 2.24) is 14.9 Å². The van der Waals surface area contributed by atoms with E-state index < -0.39 is 4.92 Å². The van der Waals surface area contributed by atoms with E-state index in [4.69, 9.17) is 0 Å². The number of carbonyl (C=O) groups is 1. The van der Waals surface area contributed by atoms with Gasteiger partial charge in [0.25, 0.3) is 0 Å². The summed E-state index contributed by atoms with van der Waals surface area (Å²) in [7, 11) is 0. The highest BCUT2D eigenvalue weighted by molar-refractivity contribution is 5.76. The quantitative estimate of drug-likeness (QED) is 0.584. The Morgan fingerprint density at radius 1 is 1.52 bits per heavy atom. The fourth-order valence-corrected chi connectivity index (χ4v) is 3.25. The summed E-state index contributed by atoms with van der Waals surface area (Å²) in [4.78, 5) is 26.2. The molecule has 8 nitrogen and oxygen atoms in total. The number of aliphatic hydroxyl groups is 1. The van der Waals surface area contributed by atoms with Crippen LogP contribution in [0.25, 0.3) is 0 Å². The first-order chi connectivity index (χ1) is 11.0. The average molecular weight is 324 g/mol. The summed E-state index contributed by atoms with van der Waals surface area (Å²) in [5.41, 5.74) is 0. The number of carbonyl (C=O) groups excluding carboxylic acids is 1. The summed E-state index contributed by atoms with van der Waals surface area (Å²) in [6, 6.07) is -0.0355. The van der Waals surface area contributed by atoms with Crippen molar-refractivity contribution in [3.8, 4) is 0 Å². The lowest BCUT2D eigenvalue weighted by atomic mass is 9.82. The van der Waals surface area contributed by atoms with Gasteiger partial charge in [-0.05, 0) is 35.1 Å². The molecule has 0 aromatic carbocycles. The van der Waals surface area contributed by atoms with E-state index in [2.05, 4.69) is 10.3 Å². The minimum absolute atomic E-state index is 0.00131. The van der Waals surface area contributed by atoms with Gasteiger partial charge >= 0.3 is 5.82 Å². The van der Waals surface area contributed by atoms with Gasteiger partial charge in [0, 0.05) is 19.6 Å². The molecule has 0 radical (unpaired) electrons. The van der Waals surface area contributed by atoms with Gasteiger partial charge < -0.3 is 20.5 Å². The van der Waals surface area contributed by atoms with E-state index in [1.54, 1.807) is 6.92 Å². The fourth-order valence-electron chi connectivity index (χ4n) is 3.25. The van der Waals surface area contributed by atoms with Crippen LogP contribution in [0.1, 0.15) is 44.3 Å². The van der Waals surface area contributed by atoms with Crippen molar-refractivity contribution in [2.24, 2.45) is 5.92 Å². The first-order valence-corrected chi connectivity index (χ1v) is 8.09. The third-order valence-corrected chi connectivity index (χ3v) is 4.47. The zero-order valence-electron chi connectivity index (χ0n) is 13.4. The number of hydrogen-bond acceptors (Lipinski definition) is 5. The molecule has 1 saturated carbocycles. The number of hydrogen-bond donors (Lipinski definition) is 2. The maximum absolute atomic E-state index is 12.3. The van der Waals surface area contributed by atoms with Gasteiger partial charge in [0.15, 0.2) is 0 Å². The molecule has 1 fully saturated rings. The van der Waals surface area contributed by atoms with Gasteiger partial charge in [0.1, 0.15) is 12.7 Å². The molecule has 1 aliphatic rings. The molecule has 1 unspecified atom stereocenters. The largest absolute Gasteiger partial charge is 0.396 e. The minimum Gasteiger partial charge on any atom is -0.396 e. The maximum Gasteiger partial charge on any atom is 0.381 e. The number of nitro groups is 1. The highest BCUT2D eigenvalue weighted by Crippen LogP contribution is 2.27. The van der Waals surface area contributed by atoms with Crippen molar-refractivity contribution in [3.05, 3.63) is 22.1 Å². The van der Waals surface area contributed by atoms with Crippen molar-refractivity contribution >= 4 is 11.7 Å². The fraction of sp³-hybridized carbons (Fsp3) is 0.733. The summed E-state index contributed by atoms with van der Waals surface area (Å²) in [5, 5.41) is 22.9. The van der Waals surface area contributed by atoms with Crippen LogP contribution in [0.15, 0.2) is 6.20 Å². The third-order valence-electron chi connectivity index (χ3n) is 4.47. The monoisotopic (exact) mass is 324 g/mol. The van der Waals surface area contributed by atoms with Gasteiger partial charge in [-0.3, -0.25) is 9.36 Å². The first kappa shape index (κ1) is 17.4. The van der Waals surface area contributed by atoms with Crippen LogP contribution in [-0.2, 0) is 11.3 Å². The predicted octanol–water partition coefficient (Wildman–Crippen LogP) is 1.55. The van der Waals surface area contributed by atoms with Gasteiger partial charge in [0.2, 0.25) is 11.7 Å². The number of aryl methyl sites for hydroxylation is 1. The van der Waals surface area contributed by atoms with E-state index in [0.29, 0.717) is 18.2 Å². The first-order valence-electron chi connectivity index (χ1n) is 8.09. The molecular formula is C15H24N4O4. The van der Waals surface area contributed by atoms with E-state index in [-0.39, 0.29) is 30.9 Å². The zero-order valence-corrected chi connectivity index (χ0v) is 13.4. The summed E-state index contributed by atoms with van der Waals surface area (Å²) < 4.78 is 1.48. The molecule has 1 heterocycles. The molecule has 0 saturated heterocycles. The Morgan fingerprint density at radius 3 is 2.78 bits per heavy atom. The summed E-state index contributed by atoms with van der Waals surface area (Å²) in [6.45, 7) is 1.67. The van der Waals surface area contributed by atoms with Crippen LogP contribution in [0.3, 0.4) is 0 Å². The SMILES string of the molecule is Cc1nc([N+](=O)[O-])cn1CC(=O)NC(CCO)C1CCCCC1. The molecule has 1 amide bonds. The van der Waals surface area contributed by atoms with E-state index >= 15 is 0 Å². The Bertz CT molecular complexity index is 552. The highest BCUT2D eigenvalue weighted by atomic mass is 16.6. The molecule has 23 heavy (non-hydrogen) atoms. The normalized spacial score (nSPS) is 17.0. The lowest BCUT2D eigenvalue weighted by Crippen LogP contribution is -2.43. The summed E-state index contributed by atoms with van der Waals surface area (Å²) >= 11 is 0. The van der Waals surface area contributed by atoms with Gasteiger partial charge in [0.05, 0.1) is 0 Å². The molecule has 128 valence electrons. The second-order valence-electron chi connectivity index (χ2n) is 6.12. The third kappa shape index (κ3) is 4.75. The number of aromatic nitrogens is 2. The Labute approximate surface area is 135 Å². The average Bonchev–Trinajstić information content (AvgIpc) is 2.89. The van der Waals surface area contributed by atoms with E-state index in [0.717, 1.165) is 25.7 Å². The minimum atomic E-state index is -0.571. The Kier molecular flexibility index (Phi) is 6.09. The molecule has 0 aliphatic heterocycles. The molecule has 1 atom stereocenters. The molecule has 0 spiro atoms. The molecule has 0 bridgehead atoms. The number of imidazole rings is 1. The van der Waals surface area contributed by atoms with Crippen LogP contribution >= 0.6 is 0 Å². The smallest absolute Gasteiger partial charge is 0.381 e. The van der Waals surface area contributed by atoms with Crippen LogP contribution in [0.2, 0.25) is 0 Å². The van der Waals surface area contributed by atoms with Crippen LogP contribution in [-0.4, -0.2) is 38.1 Å². The van der Waals surface area contributed by atoms with Crippen LogP contribution in [0, 0.1) is 23.0 Å². The van der Waals surface area contributed by atoms with Crippen LogP contribution < -0.4 is 5.32 Å². The van der Waals surface area contributed by atoms with Crippen molar-refractivity contribution in [2.75, 3.05) is 6.61 Å². The molecule has 2 N–H and O–H groups in total. The summed E-state index contributed by atoms with van der Waals surface area (Å²) in [6.07, 6.45) is 7.51. The van der Waals surface area contributed by atoms with Crippen LogP contribution in [0.5, 0.6) is 0 Å². The Morgan fingerprint density at radius 2 is 2.22 bits per heavy atom. The van der Waals surface area contributed by atoms with Gasteiger partial charge in [-0.25, -0.2) is 0 Å². The van der Waals surface area contributed by atoms with Crippen molar-refractivity contribution < 1.29 is 14.8 Å². The maximum atomic E-state index is 12.3. The Hall–Kier alpha value is -1.96. The second-order valence-corrected chi connectivity index (χ2v) is 6.12. The molecule has 1 aliphatic carbocycles. The lowest BCUT2D eigenvalue weighted by molar-refractivity contribution is -0.389. The van der Waals surface area contributed by atoms with Crippen molar-refractivity contribution in [2.45, 2.75) is 58.0 Å². The zero-order chi connectivity index (χ0) is 16.8. The Balaban J connectivity index is 1.97. The van der Waals surface area contributed by atoms with Gasteiger partial charge in [-0.15, -0.1) is 0 Å². The molecule has 1 aromatic heterocycles. The van der Waals surface area contributed by atoms with Crippen molar-refractivity contribution in [3.63, 3.8) is 0 Å². The van der Waals surface area contributed by atoms with E-state index in [9.17, 15) is 20.0 Å². The van der Waals surface area contributed by atoms with Gasteiger partial charge in [-0.1, -0.05) is 19.3 Å². The molecular weight excluding hydrogens is 300 g/mol. The molecule has 2 rings (SSSR count). The standard InChI is InChI=1S/C15H24N4O4/c1-11-16-14(19(22)23)9-18(11)10-15(21)17-13(7-8-20)12-5-3-2-4-6-12/h9,12-13,20H,2-8,10H2,1H3,(H,17,21). The highest BCUT2D eigenvalue weighted by Gasteiger charge is 2.25. The number of amides is 1. The predicted molar refractivity (Wildman–Crippen MR) is 83.8 cm³/mol. The number of rotatable bonds is 7. The topological polar surface area (TPSA) is 110 Å². The van der Waals surface area contributed by atoms with E-state index in [1.807, 2.05) is 0 Å². The molecule has 8 heteroatoms. The number of nitrogens with zero attached hydrogens (tertiary/aromatic N) is 3. The lowest BCUT2D eigenvalue weighted by Gasteiger charge is -2.30.